The van der Waals surface area contributed by atoms with Crippen LogP contribution in [0.25, 0.3) is 0 Å². The van der Waals surface area contributed by atoms with Crippen molar-refractivity contribution in [1.82, 2.24) is 9.62 Å². The van der Waals surface area contributed by atoms with Gasteiger partial charge in [0.25, 0.3) is 0 Å². The molecule has 1 atom stereocenters. The molecule has 2 aromatic rings. The minimum atomic E-state index is -3.92. The van der Waals surface area contributed by atoms with Crippen LogP contribution in [0, 0.1) is 6.92 Å². The van der Waals surface area contributed by atoms with E-state index in [1.165, 1.54) is 17.4 Å². The molecule has 7 heteroatoms. The van der Waals surface area contributed by atoms with E-state index in [1.54, 1.807) is 12.1 Å². The van der Waals surface area contributed by atoms with E-state index < -0.39 is 16.1 Å². The first-order valence-electron chi connectivity index (χ1n) is 7.91. The zero-order valence-corrected chi connectivity index (χ0v) is 15.6. The van der Waals surface area contributed by atoms with Crippen LogP contribution < -0.4 is 5.32 Å². The maximum Gasteiger partial charge on any atom is 0.245 e. The fraction of sp³-hybridized carbons (Fsp3) is 0.278. The predicted molar refractivity (Wildman–Crippen MR) is 96.9 cm³/mol. The van der Waals surface area contributed by atoms with Crippen LogP contribution in [0.4, 0.5) is 0 Å². The maximum atomic E-state index is 13.2. The summed E-state index contributed by atoms with van der Waals surface area (Å²) in [6.07, 6.45) is 0.332. The van der Waals surface area contributed by atoms with Gasteiger partial charge in [0, 0.05) is 13.6 Å². The Morgan fingerprint density at radius 2 is 1.88 bits per heavy atom. The van der Waals surface area contributed by atoms with Crippen molar-refractivity contribution in [3.05, 3.63) is 64.2 Å². The number of carbonyl (C=O) groups excluding carboxylic acids is 1. The second-order valence-corrected chi connectivity index (χ2v) is 8.35. The molecule has 1 heterocycles. The van der Waals surface area contributed by atoms with Crippen molar-refractivity contribution < 1.29 is 13.2 Å². The third-order valence-electron chi connectivity index (χ3n) is 4.43. The highest BCUT2D eigenvalue weighted by Gasteiger charge is 2.39. The van der Waals surface area contributed by atoms with Gasteiger partial charge in [0.1, 0.15) is 10.9 Å². The van der Waals surface area contributed by atoms with Crippen LogP contribution in [0.15, 0.2) is 47.4 Å². The highest BCUT2D eigenvalue weighted by molar-refractivity contribution is 7.89. The number of hydrogen-bond acceptors (Lipinski definition) is 3. The molecule has 1 unspecified atom stereocenters. The standard InChI is InChI=1S/C18H19ClN2O3S/c1-12-7-8-17(15(19)9-12)25(23,24)21-11-14-6-4-3-5-13(14)10-16(21)18(22)20-2/h3-9,16H,10-11H2,1-2H3,(H,20,22). The lowest BCUT2D eigenvalue weighted by molar-refractivity contribution is -0.124. The first kappa shape index (κ1) is 17.9. The van der Waals surface area contributed by atoms with Crippen molar-refractivity contribution in [2.75, 3.05) is 7.05 Å². The molecular formula is C18H19ClN2O3S. The molecule has 2 aromatic carbocycles. The number of amides is 1. The maximum absolute atomic E-state index is 13.2. The number of benzene rings is 2. The lowest BCUT2D eigenvalue weighted by atomic mass is 9.95. The highest BCUT2D eigenvalue weighted by Crippen LogP contribution is 2.32. The second-order valence-electron chi connectivity index (χ2n) is 6.09. The molecule has 0 saturated heterocycles. The van der Waals surface area contributed by atoms with Crippen molar-refractivity contribution in [3.8, 4) is 0 Å². The Balaban J connectivity index is 2.10. The molecule has 1 aliphatic rings. The Bertz CT molecular complexity index is 928. The van der Waals surface area contributed by atoms with Gasteiger partial charge in [-0.1, -0.05) is 41.9 Å². The number of nitrogens with one attached hydrogen (secondary N) is 1. The van der Waals surface area contributed by atoms with Crippen molar-refractivity contribution in [2.45, 2.75) is 30.8 Å². The third kappa shape index (κ3) is 3.29. The summed E-state index contributed by atoms with van der Waals surface area (Å²) < 4.78 is 27.7. The molecular weight excluding hydrogens is 360 g/mol. The van der Waals surface area contributed by atoms with Gasteiger partial charge in [-0.05, 0) is 42.2 Å². The van der Waals surface area contributed by atoms with Gasteiger partial charge in [-0.25, -0.2) is 8.42 Å². The molecule has 25 heavy (non-hydrogen) atoms. The number of fused-ring (bicyclic) bond motifs is 1. The summed E-state index contributed by atoms with van der Waals surface area (Å²) in [4.78, 5) is 12.4. The van der Waals surface area contributed by atoms with E-state index in [1.807, 2.05) is 31.2 Å². The summed E-state index contributed by atoms with van der Waals surface area (Å²) in [5.74, 6) is -0.332. The molecule has 0 spiro atoms. The van der Waals surface area contributed by atoms with Gasteiger partial charge in [0.05, 0.1) is 5.02 Å². The lowest BCUT2D eigenvalue weighted by Gasteiger charge is -2.35. The van der Waals surface area contributed by atoms with Gasteiger partial charge < -0.3 is 5.32 Å². The van der Waals surface area contributed by atoms with E-state index >= 15 is 0 Å². The summed E-state index contributed by atoms with van der Waals surface area (Å²) in [6, 6.07) is 11.6. The second kappa shape index (κ2) is 6.78. The number of rotatable bonds is 3. The van der Waals surface area contributed by atoms with Crippen LogP contribution in [0.2, 0.25) is 5.02 Å². The van der Waals surface area contributed by atoms with E-state index in [0.717, 1.165) is 16.7 Å². The van der Waals surface area contributed by atoms with Crippen LogP contribution in [0.1, 0.15) is 16.7 Å². The van der Waals surface area contributed by atoms with Crippen LogP contribution in [0.5, 0.6) is 0 Å². The van der Waals surface area contributed by atoms with Crippen molar-refractivity contribution in [1.29, 1.82) is 0 Å². The SMILES string of the molecule is CNC(=O)C1Cc2ccccc2CN1S(=O)(=O)c1ccc(C)cc1Cl. The highest BCUT2D eigenvalue weighted by atomic mass is 35.5. The average Bonchev–Trinajstić information content (AvgIpc) is 2.59. The number of carbonyl (C=O) groups is 1. The van der Waals surface area contributed by atoms with Gasteiger partial charge in [-0.2, -0.15) is 4.31 Å². The van der Waals surface area contributed by atoms with Crippen LogP contribution >= 0.6 is 11.6 Å². The fourth-order valence-electron chi connectivity index (χ4n) is 3.08. The molecule has 0 radical (unpaired) electrons. The van der Waals surface area contributed by atoms with Gasteiger partial charge in [0.15, 0.2) is 0 Å². The minimum absolute atomic E-state index is 0.0213. The number of aryl methyl sites for hydroxylation is 1. The van der Waals surface area contributed by atoms with E-state index in [4.69, 9.17) is 11.6 Å². The number of nitrogens with zero attached hydrogens (tertiary/aromatic N) is 1. The van der Waals surface area contributed by atoms with Crippen LogP contribution in [0.3, 0.4) is 0 Å². The Hall–Kier alpha value is -1.89. The Kier molecular flexibility index (Phi) is 4.86. The normalized spacial score (nSPS) is 17.8. The molecule has 0 bridgehead atoms. The predicted octanol–water partition coefficient (Wildman–Crippen LogP) is 2.51. The van der Waals surface area contributed by atoms with Crippen LogP contribution in [-0.4, -0.2) is 31.7 Å². The number of likely N-dealkylation sites (N-methyl/N-ethyl adjacent to an activating group) is 1. The van der Waals surface area contributed by atoms with E-state index in [2.05, 4.69) is 5.32 Å². The van der Waals surface area contributed by atoms with Crippen LogP contribution in [-0.2, 0) is 27.8 Å². The molecule has 1 N–H and O–H groups in total. The number of sulfonamides is 1. The molecule has 0 saturated carbocycles. The molecule has 0 aromatic heterocycles. The summed E-state index contributed by atoms with van der Waals surface area (Å²) in [5.41, 5.74) is 2.75. The Morgan fingerprint density at radius 1 is 1.20 bits per heavy atom. The third-order valence-corrected chi connectivity index (χ3v) is 6.77. The monoisotopic (exact) mass is 378 g/mol. The van der Waals surface area contributed by atoms with Gasteiger partial charge >= 0.3 is 0 Å². The molecule has 0 aliphatic carbocycles. The molecule has 1 amide bonds. The van der Waals surface area contributed by atoms with Crippen molar-refractivity contribution in [2.24, 2.45) is 0 Å². The van der Waals surface area contributed by atoms with E-state index in [9.17, 15) is 13.2 Å². The number of hydrogen-bond donors (Lipinski definition) is 1. The fourth-order valence-corrected chi connectivity index (χ4v) is 5.22. The van der Waals surface area contributed by atoms with E-state index in [-0.39, 0.29) is 22.4 Å². The zero-order valence-electron chi connectivity index (χ0n) is 14.0. The molecule has 3 rings (SSSR count). The largest absolute Gasteiger partial charge is 0.358 e. The van der Waals surface area contributed by atoms with Crippen molar-refractivity contribution in [3.63, 3.8) is 0 Å². The zero-order chi connectivity index (χ0) is 18.2. The summed E-state index contributed by atoms with van der Waals surface area (Å²) in [5, 5.41) is 2.73. The quantitative estimate of drug-likeness (QED) is 0.892. The molecule has 132 valence electrons. The van der Waals surface area contributed by atoms with Crippen molar-refractivity contribution >= 4 is 27.5 Å². The first-order valence-corrected chi connectivity index (χ1v) is 9.73. The van der Waals surface area contributed by atoms with Gasteiger partial charge in [-0.15, -0.1) is 0 Å². The first-order chi connectivity index (χ1) is 11.8. The summed E-state index contributed by atoms with van der Waals surface area (Å²) >= 11 is 6.19. The molecule has 0 fully saturated rings. The summed E-state index contributed by atoms with van der Waals surface area (Å²) in [7, 11) is -2.41. The Morgan fingerprint density at radius 3 is 2.52 bits per heavy atom. The summed E-state index contributed by atoms with van der Waals surface area (Å²) in [6.45, 7) is 1.98. The van der Waals surface area contributed by atoms with E-state index in [0.29, 0.717) is 6.42 Å². The van der Waals surface area contributed by atoms with Gasteiger partial charge in [0.2, 0.25) is 15.9 Å². The molecule has 5 nitrogen and oxygen atoms in total. The smallest absolute Gasteiger partial charge is 0.245 e. The lowest BCUT2D eigenvalue weighted by Crippen LogP contribution is -2.51. The number of halogens is 1. The minimum Gasteiger partial charge on any atom is -0.358 e. The average molecular weight is 379 g/mol. The topological polar surface area (TPSA) is 66.5 Å². The molecule has 1 aliphatic heterocycles. The Labute approximate surface area is 152 Å². The van der Waals surface area contributed by atoms with Gasteiger partial charge in [-0.3, -0.25) is 4.79 Å².